The largest absolute Gasteiger partial charge is 0.391 e. The molecule has 1 heterocycles. The summed E-state index contributed by atoms with van der Waals surface area (Å²) in [5, 5.41) is 9.31. The summed E-state index contributed by atoms with van der Waals surface area (Å²) in [5.74, 6) is 0. The van der Waals surface area contributed by atoms with Gasteiger partial charge in [0.1, 0.15) is 0 Å². The molecule has 0 aromatic heterocycles. The van der Waals surface area contributed by atoms with Gasteiger partial charge in [-0.05, 0) is 12.5 Å². The lowest BCUT2D eigenvalue weighted by Gasteiger charge is -2.16. The van der Waals surface area contributed by atoms with Crippen LogP contribution >= 0.6 is 0 Å². The average molecular weight is 162 g/mol. The standard InChI is InChI=1S/C10H12NO/c12-10-6-7-11(8-10)9-4-2-1-3-5-9/h1-4,10,12H,6-8H2. The Morgan fingerprint density at radius 1 is 1.50 bits per heavy atom. The lowest BCUT2D eigenvalue weighted by molar-refractivity contribution is 0.198. The van der Waals surface area contributed by atoms with Crippen molar-refractivity contribution in [3.8, 4) is 0 Å². The molecule has 2 nitrogen and oxygen atoms in total. The van der Waals surface area contributed by atoms with E-state index in [1.54, 1.807) is 0 Å². The molecule has 0 bridgehead atoms. The topological polar surface area (TPSA) is 23.5 Å². The minimum Gasteiger partial charge on any atom is -0.391 e. The first-order valence-electron chi connectivity index (χ1n) is 4.26. The summed E-state index contributed by atoms with van der Waals surface area (Å²) in [6, 6.07) is 11.0. The molecule has 2 rings (SSSR count). The van der Waals surface area contributed by atoms with Gasteiger partial charge in [0, 0.05) is 24.8 Å². The highest BCUT2D eigenvalue weighted by Gasteiger charge is 2.19. The van der Waals surface area contributed by atoms with Gasteiger partial charge in [-0.25, -0.2) is 0 Å². The fourth-order valence-corrected chi connectivity index (χ4v) is 1.54. The van der Waals surface area contributed by atoms with Crippen molar-refractivity contribution in [2.24, 2.45) is 0 Å². The SMILES string of the molecule is OC1CCN(c2[c]cccc2)C1. The lowest BCUT2D eigenvalue weighted by Crippen LogP contribution is -2.20. The number of hydrogen-bond donors (Lipinski definition) is 1. The fourth-order valence-electron chi connectivity index (χ4n) is 1.54. The van der Waals surface area contributed by atoms with Crippen molar-refractivity contribution in [2.45, 2.75) is 12.5 Å². The fraction of sp³-hybridized carbons (Fsp3) is 0.400. The van der Waals surface area contributed by atoms with E-state index < -0.39 is 0 Å². The first kappa shape index (κ1) is 7.62. The van der Waals surface area contributed by atoms with E-state index in [1.165, 1.54) is 0 Å². The summed E-state index contributed by atoms with van der Waals surface area (Å²) in [7, 11) is 0. The third-order valence-corrected chi connectivity index (χ3v) is 2.20. The molecular weight excluding hydrogens is 150 g/mol. The van der Waals surface area contributed by atoms with Gasteiger partial charge in [-0.1, -0.05) is 18.2 Å². The highest BCUT2D eigenvalue weighted by molar-refractivity contribution is 5.45. The number of aliphatic hydroxyl groups excluding tert-OH is 1. The Morgan fingerprint density at radius 3 is 3.00 bits per heavy atom. The molecular formula is C10H12NO. The molecule has 1 aliphatic rings. The van der Waals surface area contributed by atoms with Crippen LogP contribution in [0.2, 0.25) is 0 Å². The van der Waals surface area contributed by atoms with Gasteiger partial charge in [0.2, 0.25) is 0 Å². The number of anilines is 1. The van der Waals surface area contributed by atoms with Crippen molar-refractivity contribution in [1.29, 1.82) is 0 Å². The van der Waals surface area contributed by atoms with Crippen LogP contribution < -0.4 is 4.90 Å². The minimum absolute atomic E-state index is 0.154. The van der Waals surface area contributed by atoms with E-state index in [9.17, 15) is 5.11 Å². The monoisotopic (exact) mass is 162 g/mol. The van der Waals surface area contributed by atoms with Crippen LogP contribution in [0.4, 0.5) is 5.69 Å². The number of β-amino-alcohol motifs (C(OH)–C–C–N with tert-alkyl or cyclic N) is 1. The van der Waals surface area contributed by atoms with E-state index in [-0.39, 0.29) is 6.10 Å². The van der Waals surface area contributed by atoms with E-state index in [0.717, 1.165) is 25.2 Å². The van der Waals surface area contributed by atoms with Gasteiger partial charge in [-0.15, -0.1) is 0 Å². The Morgan fingerprint density at radius 2 is 2.42 bits per heavy atom. The van der Waals surface area contributed by atoms with Gasteiger partial charge in [-0.2, -0.15) is 0 Å². The number of benzene rings is 1. The molecule has 1 aromatic carbocycles. The molecule has 1 saturated heterocycles. The smallest absolute Gasteiger partial charge is 0.0731 e. The number of hydrogen-bond acceptors (Lipinski definition) is 2. The molecule has 1 fully saturated rings. The Kier molecular flexibility index (Phi) is 2.00. The number of rotatable bonds is 1. The summed E-state index contributed by atoms with van der Waals surface area (Å²) >= 11 is 0. The molecule has 1 atom stereocenters. The van der Waals surface area contributed by atoms with Gasteiger partial charge in [0.25, 0.3) is 0 Å². The van der Waals surface area contributed by atoms with Crippen LogP contribution in [0.25, 0.3) is 0 Å². The average Bonchev–Trinajstić information content (AvgIpc) is 2.54. The number of para-hydroxylation sites is 1. The predicted octanol–water partition coefficient (Wildman–Crippen LogP) is 1.06. The second-order valence-corrected chi connectivity index (χ2v) is 3.14. The van der Waals surface area contributed by atoms with Crippen molar-refractivity contribution in [1.82, 2.24) is 0 Å². The van der Waals surface area contributed by atoms with Gasteiger partial charge < -0.3 is 10.0 Å². The summed E-state index contributed by atoms with van der Waals surface area (Å²) in [6.45, 7) is 1.70. The summed E-state index contributed by atoms with van der Waals surface area (Å²) in [6.07, 6.45) is 0.724. The van der Waals surface area contributed by atoms with Crippen LogP contribution in [0.15, 0.2) is 24.3 Å². The summed E-state index contributed by atoms with van der Waals surface area (Å²) in [4.78, 5) is 2.16. The van der Waals surface area contributed by atoms with Crippen LogP contribution in [0.5, 0.6) is 0 Å². The maximum absolute atomic E-state index is 9.31. The third kappa shape index (κ3) is 1.43. The van der Waals surface area contributed by atoms with Gasteiger partial charge >= 0.3 is 0 Å². The second kappa shape index (κ2) is 3.15. The Hall–Kier alpha value is -1.02. The molecule has 1 aliphatic heterocycles. The Bertz CT molecular complexity index is 247. The van der Waals surface area contributed by atoms with Gasteiger partial charge in [0.15, 0.2) is 0 Å². The van der Waals surface area contributed by atoms with Crippen LogP contribution in [-0.2, 0) is 0 Å². The van der Waals surface area contributed by atoms with Crippen LogP contribution in [0, 0.1) is 6.07 Å². The maximum Gasteiger partial charge on any atom is 0.0731 e. The van der Waals surface area contributed by atoms with Crippen molar-refractivity contribution < 1.29 is 5.11 Å². The summed E-state index contributed by atoms with van der Waals surface area (Å²) < 4.78 is 0. The third-order valence-electron chi connectivity index (χ3n) is 2.20. The molecule has 63 valence electrons. The van der Waals surface area contributed by atoms with Gasteiger partial charge in [-0.3, -0.25) is 0 Å². The van der Waals surface area contributed by atoms with Crippen molar-refractivity contribution in [2.75, 3.05) is 18.0 Å². The predicted molar refractivity (Wildman–Crippen MR) is 48.1 cm³/mol. The zero-order chi connectivity index (χ0) is 8.39. The van der Waals surface area contributed by atoms with Crippen LogP contribution in [0.1, 0.15) is 6.42 Å². The molecule has 0 amide bonds. The quantitative estimate of drug-likeness (QED) is 0.667. The van der Waals surface area contributed by atoms with E-state index in [0.29, 0.717) is 0 Å². The van der Waals surface area contributed by atoms with E-state index in [1.807, 2.05) is 24.3 Å². The Labute approximate surface area is 72.4 Å². The minimum atomic E-state index is -0.154. The van der Waals surface area contributed by atoms with Crippen molar-refractivity contribution in [3.05, 3.63) is 30.3 Å². The maximum atomic E-state index is 9.31. The van der Waals surface area contributed by atoms with Crippen molar-refractivity contribution in [3.63, 3.8) is 0 Å². The lowest BCUT2D eigenvalue weighted by atomic mass is 10.3. The zero-order valence-electron chi connectivity index (χ0n) is 6.90. The molecule has 0 aliphatic carbocycles. The highest BCUT2D eigenvalue weighted by Crippen LogP contribution is 2.18. The van der Waals surface area contributed by atoms with Crippen molar-refractivity contribution >= 4 is 5.69 Å². The number of nitrogens with zero attached hydrogens (tertiary/aromatic N) is 1. The summed E-state index contributed by atoms with van der Waals surface area (Å²) in [5.41, 5.74) is 1.09. The highest BCUT2D eigenvalue weighted by atomic mass is 16.3. The molecule has 1 N–H and O–H groups in total. The second-order valence-electron chi connectivity index (χ2n) is 3.14. The molecule has 1 unspecified atom stereocenters. The van der Waals surface area contributed by atoms with E-state index in [4.69, 9.17) is 0 Å². The van der Waals surface area contributed by atoms with Crippen LogP contribution in [-0.4, -0.2) is 24.3 Å². The molecule has 12 heavy (non-hydrogen) atoms. The number of aliphatic hydroxyl groups is 1. The molecule has 2 heteroatoms. The first-order chi connectivity index (χ1) is 5.86. The zero-order valence-corrected chi connectivity index (χ0v) is 6.90. The normalized spacial score (nSPS) is 23.1. The molecule has 1 radical (unpaired) electrons. The van der Waals surface area contributed by atoms with E-state index in [2.05, 4.69) is 11.0 Å². The molecule has 1 aromatic rings. The molecule has 0 saturated carbocycles. The Balaban J connectivity index is 2.11. The first-order valence-corrected chi connectivity index (χ1v) is 4.26. The molecule has 0 spiro atoms. The van der Waals surface area contributed by atoms with Gasteiger partial charge in [0.05, 0.1) is 6.10 Å². The van der Waals surface area contributed by atoms with E-state index >= 15 is 0 Å². The van der Waals surface area contributed by atoms with Crippen LogP contribution in [0.3, 0.4) is 0 Å².